The SMILES string of the molecule is CC/C(=N\OC)c1cccc(OC(F)(F)F)c1. The van der Waals surface area contributed by atoms with Gasteiger partial charge in [-0.25, -0.2) is 0 Å². The molecule has 0 aromatic heterocycles. The molecule has 0 aliphatic rings. The number of oxime groups is 1. The predicted octanol–water partition coefficient (Wildman–Crippen LogP) is 3.35. The number of halogens is 3. The zero-order valence-electron chi connectivity index (χ0n) is 9.41. The quantitative estimate of drug-likeness (QED) is 0.603. The van der Waals surface area contributed by atoms with Gasteiger partial charge < -0.3 is 9.57 Å². The first-order chi connectivity index (χ1) is 7.96. The third-order valence-electron chi connectivity index (χ3n) is 1.94. The van der Waals surface area contributed by atoms with Crippen LogP contribution >= 0.6 is 0 Å². The van der Waals surface area contributed by atoms with Gasteiger partial charge in [0.05, 0.1) is 5.71 Å². The number of hydrogen-bond donors (Lipinski definition) is 0. The van der Waals surface area contributed by atoms with E-state index in [9.17, 15) is 13.2 Å². The van der Waals surface area contributed by atoms with Crippen molar-refractivity contribution in [2.45, 2.75) is 19.7 Å². The van der Waals surface area contributed by atoms with Gasteiger partial charge in [-0.15, -0.1) is 13.2 Å². The summed E-state index contributed by atoms with van der Waals surface area (Å²) in [6.45, 7) is 1.83. The van der Waals surface area contributed by atoms with Crippen molar-refractivity contribution in [2.24, 2.45) is 5.16 Å². The maximum absolute atomic E-state index is 12.0. The van der Waals surface area contributed by atoms with Crippen LogP contribution in [0.4, 0.5) is 13.2 Å². The zero-order chi connectivity index (χ0) is 12.9. The normalized spacial score (nSPS) is 12.4. The minimum Gasteiger partial charge on any atom is -0.406 e. The molecular weight excluding hydrogens is 235 g/mol. The highest BCUT2D eigenvalue weighted by Crippen LogP contribution is 2.23. The number of benzene rings is 1. The van der Waals surface area contributed by atoms with Gasteiger partial charge in [-0.05, 0) is 18.6 Å². The Hall–Kier alpha value is -1.72. The lowest BCUT2D eigenvalue weighted by atomic mass is 10.1. The Morgan fingerprint density at radius 1 is 1.35 bits per heavy atom. The molecule has 17 heavy (non-hydrogen) atoms. The fourth-order valence-corrected chi connectivity index (χ4v) is 1.30. The molecule has 0 atom stereocenters. The Balaban J connectivity index is 2.96. The van der Waals surface area contributed by atoms with E-state index >= 15 is 0 Å². The molecule has 0 fully saturated rings. The summed E-state index contributed by atoms with van der Waals surface area (Å²) in [4.78, 5) is 4.61. The zero-order valence-corrected chi connectivity index (χ0v) is 9.41. The molecule has 1 aromatic carbocycles. The highest BCUT2D eigenvalue weighted by atomic mass is 19.4. The summed E-state index contributed by atoms with van der Waals surface area (Å²) in [6.07, 6.45) is -4.15. The van der Waals surface area contributed by atoms with E-state index in [-0.39, 0.29) is 5.75 Å². The second-order valence-electron chi connectivity index (χ2n) is 3.15. The summed E-state index contributed by atoms with van der Waals surface area (Å²) in [7, 11) is 1.38. The molecule has 0 saturated heterocycles. The van der Waals surface area contributed by atoms with Crippen LogP contribution in [0.25, 0.3) is 0 Å². The molecule has 0 heterocycles. The Morgan fingerprint density at radius 2 is 2.06 bits per heavy atom. The number of alkyl halides is 3. The Bertz CT molecular complexity index is 402. The van der Waals surface area contributed by atoms with Crippen molar-refractivity contribution in [3.05, 3.63) is 29.8 Å². The molecule has 94 valence electrons. The maximum atomic E-state index is 12.0. The van der Waals surface area contributed by atoms with E-state index in [0.29, 0.717) is 17.7 Å². The van der Waals surface area contributed by atoms with Gasteiger partial charge in [0, 0.05) is 5.56 Å². The highest BCUT2D eigenvalue weighted by Gasteiger charge is 2.31. The van der Waals surface area contributed by atoms with Crippen LogP contribution in [0.1, 0.15) is 18.9 Å². The first-order valence-electron chi connectivity index (χ1n) is 4.92. The van der Waals surface area contributed by atoms with E-state index in [1.54, 1.807) is 6.07 Å². The van der Waals surface area contributed by atoms with E-state index in [0.717, 1.165) is 0 Å². The molecule has 6 heteroatoms. The molecule has 0 bridgehead atoms. The molecule has 0 spiro atoms. The lowest BCUT2D eigenvalue weighted by Crippen LogP contribution is -2.17. The fourth-order valence-electron chi connectivity index (χ4n) is 1.30. The van der Waals surface area contributed by atoms with Gasteiger partial charge in [-0.1, -0.05) is 24.2 Å². The second-order valence-corrected chi connectivity index (χ2v) is 3.15. The minimum atomic E-state index is -4.69. The van der Waals surface area contributed by atoms with Crippen molar-refractivity contribution in [2.75, 3.05) is 7.11 Å². The standard InChI is InChI=1S/C11H12F3NO2/c1-3-10(15-16-2)8-5-4-6-9(7-8)17-11(12,13)14/h4-7H,3H2,1-2H3/b15-10+. The van der Waals surface area contributed by atoms with Crippen LogP contribution in [0, 0.1) is 0 Å². The van der Waals surface area contributed by atoms with Crippen LogP contribution < -0.4 is 4.74 Å². The summed E-state index contributed by atoms with van der Waals surface area (Å²) < 4.78 is 39.9. The monoisotopic (exact) mass is 247 g/mol. The molecular formula is C11H12F3NO2. The van der Waals surface area contributed by atoms with E-state index in [1.807, 2.05) is 6.92 Å². The third kappa shape index (κ3) is 4.34. The summed E-state index contributed by atoms with van der Waals surface area (Å²) in [6, 6.07) is 5.62. The molecule has 1 rings (SSSR count). The Labute approximate surface area is 96.8 Å². The molecule has 1 aromatic rings. The Kier molecular flexibility index (Phi) is 4.37. The van der Waals surface area contributed by atoms with Crippen LogP contribution in [-0.2, 0) is 4.84 Å². The minimum absolute atomic E-state index is 0.271. The summed E-state index contributed by atoms with van der Waals surface area (Å²) in [5, 5.41) is 3.73. The molecule has 0 radical (unpaired) electrons. The molecule has 0 aliphatic heterocycles. The van der Waals surface area contributed by atoms with Gasteiger partial charge in [0.25, 0.3) is 0 Å². The van der Waals surface area contributed by atoms with Crippen molar-refractivity contribution < 1.29 is 22.7 Å². The number of hydrogen-bond acceptors (Lipinski definition) is 3. The lowest BCUT2D eigenvalue weighted by Gasteiger charge is -2.10. The van der Waals surface area contributed by atoms with E-state index < -0.39 is 6.36 Å². The first-order valence-corrected chi connectivity index (χ1v) is 4.92. The van der Waals surface area contributed by atoms with E-state index in [4.69, 9.17) is 0 Å². The number of ether oxygens (including phenoxy) is 1. The summed E-state index contributed by atoms with van der Waals surface area (Å²) in [5.41, 5.74) is 1.09. The average molecular weight is 247 g/mol. The lowest BCUT2D eigenvalue weighted by molar-refractivity contribution is -0.274. The van der Waals surface area contributed by atoms with Crippen LogP contribution in [0.5, 0.6) is 5.75 Å². The molecule has 0 aliphatic carbocycles. The topological polar surface area (TPSA) is 30.8 Å². The first kappa shape index (κ1) is 13.3. The largest absolute Gasteiger partial charge is 0.573 e. The van der Waals surface area contributed by atoms with Gasteiger partial charge in [0.1, 0.15) is 12.9 Å². The maximum Gasteiger partial charge on any atom is 0.573 e. The van der Waals surface area contributed by atoms with Crippen molar-refractivity contribution in [3.63, 3.8) is 0 Å². The van der Waals surface area contributed by atoms with Crippen molar-refractivity contribution in [1.82, 2.24) is 0 Å². The molecule has 0 amide bonds. The van der Waals surface area contributed by atoms with Gasteiger partial charge >= 0.3 is 6.36 Å². The molecule has 0 N–H and O–H groups in total. The second kappa shape index (κ2) is 5.56. The smallest absolute Gasteiger partial charge is 0.406 e. The Morgan fingerprint density at radius 3 is 2.59 bits per heavy atom. The fraction of sp³-hybridized carbons (Fsp3) is 0.364. The molecule has 0 unspecified atom stereocenters. The summed E-state index contributed by atoms with van der Waals surface area (Å²) >= 11 is 0. The molecule has 3 nitrogen and oxygen atoms in total. The average Bonchev–Trinajstić information content (AvgIpc) is 2.24. The van der Waals surface area contributed by atoms with Crippen molar-refractivity contribution >= 4 is 5.71 Å². The van der Waals surface area contributed by atoms with E-state index in [2.05, 4.69) is 14.7 Å². The van der Waals surface area contributed by atoms with Crippen molar-refractivity contribution in [1.29, 1.82) is 0 Å². The number of nitrogens with zero attached hydrogens (tertiary/aromatic N) is 1. The van der Waals surface area contributed by atoms with Gasteiger partial charge in [-0.2, -0.15) is 0 Å². The summed E-state index contributed by atoms with van der Waals surface area (Å²) in [5.74, 6) is -0.271. The van der Waals surface area contributed by atoms with Gasteiger partial charge in [0.15, 0.2) is 0 Å². The number of rotatable bonds is 4. The third-order valence-corrected chi connectivity index (χ3v) is 1.94. The predicted molar refractivity (Wildman–Crippen MR) is 57.0 cm³/mol. The van der Waals surface area contributed by atoms with Crippen LogP contribution in [0.15, 0.2) is 29.4 Å². The van der Waals surface area contributed by atoms with Crippen LogP contribution in [0.3, 0.4) is 0 Å². The van der Waals surface area contributed by atoms with Crippen LogP contribution in [0.2, 0.25) is 0 Å². The van der Waals surface area contributed by atoms with Gasteiger partial charge in [-0.3, -0.25) is 0 Å². The van der Waals surface area contributed by atoms with Gasteiger partial charge in [0.2, 0.25) is 0 Å². The van der Waals surface area contributed by atoms with Crippen molar-refractivity contribution in [3.8, 4) is 5.75 Å². The highest BCUT2D eigenvalue weighted by molar-refractivity contribution is 6.00. The molecule has 0 saturated carbocycles. The van der Waals surface area contributed by atoms with E-state index in [1.165, 1.54) is 25.3 Å². The van der Waals surface area contributed by atoms with Crippen LogP contribution in [-0.4, -0.2) is 19.2 Å².